The van der Waals surface area contributed by atoms with E-state index in [0.29, 0.717) is 11.6 Å². The van der Waals surface area contributed by atoms with Crippen LogP contribution in [0, 0.1) is 6.92 Å². The van der Waals surface area contributed by atoms with Gasteiger partial charge in [0.05, 0.1) is 12.6 Å². The molecule has 0 aliphatic carbocycles. The molecule has 1 amide bonds. The van der Waals surface area contributed by atoms with Crippen molar-refractivity contribution in [2.24, 2.45) is 0 Å². The molecule has 146 valence electrons. The van der Waals surface area contributed by atoms with E-state index in [2.05, 4.69) is 34.0 Å². The smallest absolute Gasteiger partial charge is 0.240 e. The molecule has 4 rings (SSSR count). The third-order valence-corrected chi connectivity index (χ3v) is 5.48. The number of rotatable bonds is 7. The van der Waals surface area contributed by atoms with Crippen LogP contribution in [0.1, 0.15) is 22.0 Å². The van der Waals surface area contributed by atoms with Gasteiger partial charge in [-0.25, -0.2) is 0 Å². The number of carbonyl (C=O) groups excluding carboxylic acids is 1. The van der Waals surface area contributed by atoms with E-state index in [1.54, 1.807) is 17.4 Å². The Labute approximate surface area is 173 Å². The number of nitrogens with zero attached hydrogens (tertiary/aromatic N) is 1. The largest absolute Gasteiger partial charge is 0.338 e. The van der Waals surface area contributed by atoms with E-state index in [9.17, 15) is 4.79 Å². The number of anilines is 1. The van der Waals surface area contributed by atoms with Crippen LogP contribution in [0.2, 0.25) is 0 Å². The number of nitrogens with one attached hydrogen (secondary N) is 2. The Morgan fingerprint density at radius 3 is 2.59 bits per heavy atom. The third kappa shape index (κ3) is 4.80. The highest BCUT2D eigenvalue weighted by Gasteiger charge is 2.17. The molecule has 0 aliphatic rings. The molecule has 0 saturated heterocycles. The summed E-state index contributed by atoms with van der Waals surface area (Å²) < 4.78 is 5.28. The number of carbonyl (C=O) groups is 1. The summed E-state index contributed by atoms with van der Waals surface area (Å²) in [6.45, 7) is 2.18. The normalized spacial score (nSPS) is 11.9. The minimum atomic E-state index is -0.186. The van der Waals surface area contributed by atoms with Crippen molar-refractivity contribution in [1.82, 2.24) is 10.5 Å². The number of hydrogen-bond acceptors (Lipinski definition) is 5. The van der Waals surface area contributed by atoms with Crippen molar-refractivity contribution in [2.45, 2.75) is 13.0 Å². The summed E-state index contributed by atoms with van der Waals surface area (Å²) in [4.78, 5) is 13.6. The molecule has 0 fully saturated rings. The Kier molecular flexibility index (Phi) is 5.84. The summed E-state index contributed by atoms with van der Waals surface area (Å²) >= 11 is 1.66. The lowest BCUT2D eigenvalue weighted by Gasteiger charge is -2.17. The molecule has 1 atom stereocenters. The molecule has 4 aromatic rings. The lowest BCUT2D eigenvalue weighted by Crippen LogP contribution is -2.31. The first-order chi connectivity index (χ1) is 14.2. The summed E-state index contributed by atoms with van der Waals surface area (Å²) in [6.07, 6.45) is 0. The lowest BCUT2D eigenvalue weighted by molar-refractivity contribution is -0.115. The van der Waals surface area contributed by atoms with Crippen LogP contribution in [0.25, 0.3) is 11.3 Å². The van der Waals surface area contributed by atoms with Gasteiger partial charge in [-0.15, -0.1) is 11.3 Å². The van der Waals surface area contributed by atoms with E-state index < -0.39 is 0 Å². The second-order valence-electron chi connectivity index (χ2n) is 6.73. The highest BCUT2D eigenvalue weighted by atomic mass is 32.1. The Morgan fingerprint density at radius 1 is 1.07 bits per heavy atom. The summed E-state index contributed by atoms with van der Waals surface area (Å²) in [7, 11) is 0. The minimum absolute atomic E-state index is 0.0419. The number of amides is 1. The van der Waals surface area contributed by atoms with Gasteiger partial charge in [-0.3, -0.25) is 15.4 Å². The maximum atomic E-state index is 12.5. The van der Waals surface area contributed by atoms with E-state index in [4.69, 9.17) is 4.52 Å². The molecule has 2 heterocycles. The van der Waals surface area contributed by atoms with Crippen molar-refractivity contribution in [3.63, 3.8) is 0 Å². The van der Waals surface area contributed by atoms with Crippen LogP contribution in [-0.2, 0) is 4.79 Å². The molecule has 0 aliphatic heterocycles. The van der Waals surface area contributed by atoms with Crippen LogP contribution in [0.5, 0.6) is 0 Å². The monoisotopic (exact) mass is 403 g/mol. The molecule has 2 aromatic heterocycles. The van der Waals surface area contributed by atoms with Gasteiger partial charge in [0.15, 0.2) is 0 Å². The molecule has 5 nitrogen and oxygen atoms in total. The molecular weight excluding hydrogens is 382 g/mol. The Hall–Kier alpha value is -3.22. The van der Waals surface area contributed by atoms with E-state index in [1.807, 2.05) is 60.8 Å². The molecule has 0 saturated carbocycles. The zero-order valence-electron chi connectivity index (χ0n) is 16.0. The number of hydrogen-bond donors (Lipinski definition) is 2. The number of aromatic nitrogens is 1. The molecule has 0 bridgehead atoms. The third-order valence-electron chi connectivity index (χ3n) is 4.55. The molecule has 2 N–H and O–H groups in total. The lowest BCUT2D eigenvalue weighted by atomic mass is 10.1. The summed E-state index contributed by atoms with van der Waals surface area (Å²) in [6, 6.07) is 23.8. The van der Waals surface area contributed by atoms with Gasteiger partial charge in [0.25, 0.3) is 0 Å². The minimum Gasteiger partial charge on any atom is -0.338 e. The van der Waals surface area contributed by atoms with Crippen LogP contribution in [0.3, 0.4) is 0 Å². The van der Waals surface area contributed by atoms with E-state index in [1.165, 1.54) is 5.56 Å². The summed E-state index contributed by atoms with van der Waals surface area (Å²) in [5, 5.41) is 12.2. The average molecular weight is 404 g/mol. The van der Waals surface area contributed by atoms with Crippen molar-refractivity contribution in [2.75, 3.05) is 11.9 Å². The first-order valence-electron chi connectivity index (χ1n) is 9.34. The predicted octanol–water partition coefficient (Wildman–Crippen LogP) is 5.03. The molecule has 0 spiro atoms. The zero-order chi connectivity index (χ0) is 20.1. The molecule has 0 radical (unpaired) electrons. The Morgan fingerprint density at radius 2 is 1.86 bits per heavy atom. The van der Waals surface area contributed by atoms with Crippen molar-refractivity contribution in [1.29, 1.82) is 0 Å². The van der Waals surface area contributed by atoms with Gasteiger partial charge in [-0.05, 0) is 23.9 Å². The molecule has 29 heavy (non-hydrogen) atoms. The van der Waals surface area contributed by atoms with E-state index >= 15 is 0 Å². The quantitative estimate of drug-likeness (QED) is 0.454. The second-order valence-corrected chi connectivity index (χ2v) is 7.71. The maximum absolute atomic E-state index is 12.5. The number of aryl methyl sites for hydroxylation is 1. The van der Waals surface area contributed by atoms with Crippen LogP contribution in [0.4, 0.5) is 5.88 Å². The van der Waals surface area contributed by atoms with Crippen molar-refractivity contribution in [3.05, 3.63) is 94.2 Å². The van der Waals surface area contributed by atoms with Crippen LogP contribution < -0.4 is 10.6 Å². The zero-order valence-corrected chi connectivity index (χ0v) is 16.8. The van der Waals surface area contributed by atoms with Gasteiger partial charge >= 0.3 is 0 Å². The van der Waals surface area contributed by atoms with Gasteiger partial charge in [-0.1, -0.05) is 71.4 Å². The summed E-state index contributed by atoms with van der Waals surface area (Å²) in [5.74, 6) is 0.147. The average Bonchev–Trinajstić information content (AvgIpc) is 3.42. The van der Waals surface area contributed by atoms with Gasteiger partial charge in [0.2, 0.25) is 11.8 Å². The number of thiophene rings is 1. The fourth-order valence-corrected chi connectivity index (χ4v) is 3.88. The van der Waals surface area contributed by atoms with E-state index in [0.717, 1.165) is 16.0 Å². The summed E-state index contributed by atoms with van der Waals surface area (Å²) in [5.41, 5.74) is 3.92. The van der Waals surface area contributed by atoms with Crippen LogP contribution in [0.15, 0.2) is 82.7 Å². The van der Waals surface area contributed by atoms with Gasteiger partial charge in [-0.2, -0.15) is 0 Å². The first kappa shape index (κ1) is 19.1. The fourth-order valence-electron chi connectivity index (χ4n) is 3.05. The van der Waals surface area contributed by atoms with Crippen molar-refractivity contribution >= 4 is 23.1 Å². The van der Waals surface area contributed by atoms with Crippen LogP contribution >= 0.6 is 11.3 Å². The van der Waals surface area contributed by atoms with E-state index in [-0.39, 0.29) is 18.5 Å². The number of benzene rings is 2. The fraction of sp³-hybridized carbons (Fsp3) is 0.130. The SMILES string of the molecule is Cc1ccc(-c2cc(NC(=O)CN[C@@H](c3ccccc3)c3cccs3)on2)cc1. The first-order valence-corrected chi connectivity index (χ1v) is 10.2. The predicted molar refractivity (Wildman–Crippen MR) is 116 cm³/mol. The molecule has 0 unspecified atom stereocenters. The Bertz CT molecular complexity index is 1060. The van der Waals surface area contributed by atoms with Crippen molar-refractivity contribution < 1.29 is 9.32 Å². The van der Waals surface area contributed by atoms with Gasteiger partial charge in [0.1, 0.15) is 5.69 Å². The van der Waals surface area contributed by atoms with Gasteiger partial charge in [0, 0.05) is 16.5 Å². The molecular formula is C23H21N3O2S. The standard InChI is InChI=1S/C23H21N3O2S/c1-16-9-11-17(12-10-16)19-14-22(28-26-19)25-21(27)15-24-23(20-8-5-13-29-20)18-6-3-2-4-7-18/h2-14,23-24H,15H2,1H3,(H,25,27)/t23-/m0/s1. The van der Waals surface area contributed by atoms with Crippen LogP contribution in [-0.4, -0.2) is 17.6 Å². The highest BCUT2D eigenvalue weighted by molar-refractivity contribution is 7.10. The topological polar surface area (TPSA) is 67.2 Å². The van der Waals surface area contributed by atoms with Crippen molar-refractivity contribution in [3.8, 4) is 11.3 Å². The highest BCUT2D eigenvalue weighted by Crippen LogP contribution is 2.26. The Balaban J connectivity index is 1.40. The molecule has 6 heteroatoms. The van der Waals surface area contributed by atoms with Gasteiger partial charge < -0.3 is 4.52 Å². The second kappa shape index (κ2) is 8.86. The maximum Gasteiger partial charge on any atom is 0.240 e. The molecule has 2 aromatic carbocycles.